The van der Waals surface area contributed by atoms with Crippen LogP contribution in [0, 0.1) is 19.7 Å². The zero-order chi connectivity index (χ0) is 64.2. The molecule has 0 aromatic heterocycles. The number of halogens is 1. The van der Waals surface area contributed by atoms with Crippen molar-refractivity contribution in [3.05, 3.63) is 419 Å². The van der Waals surface area contributed by atoms with E-state index in [2.05, 4.69) is 352 Å². The Bertz CT molecular complexity index is 5190. The summed E-state index contributed by atoms with van der Waals surface area (Å²) in [5, 5.41) is 0. The van der Waals surface area contributed by atoms with E-state index in [9.17, 15) is 0 Å². The van der Waals surface area contributed by atoms with E-state index in [-0.39, 0.29) is 5.82 Å². The number of hydrogen-bond donors (Lipinski definition) is 0. The lowest BCUT2D eigenvalue weighted by atomic mass is 9.67. The lowest BCUT2D eigenvalue weighted by molar-refractivity contribution is 0.631. The first-order chi connectivity index (χ1) is 46.7. The van der Waals surface area contributed by atoms with Gasteiger partial charge in [-0.25, -0.2) is 4.39 Å². The molecule has 0 spiro atoms. The van der Waals surface area contributed by atoms with Crippen molar-refractivity contribution in [3.8, 4) is 55.6 Å². The second kappa shape index (κ2) is 24.0. The van der Waals surface area contributed by atoms with E-state index in [0.29, 0.717) is 11.3 Å². The standard InChI is InChI=1S/C92H67FN2/c1-5-64-29-43-73(44-30-64)91(71-39-25-62(3)26-40-71)86-23-15-13-21-82(86)84-57-54-78(59-88(84)91)94(75-47-33-68(34-48-75)66-17-9-7-10-18-66)76-51-37-70(38-52-76)81-56-53-80(61-90(81)93)95(77-49-35-69(36-50-77)67-19-11-8-12-20-67)79-55-58-85-83-22-14-16-24-87(83)92(89(85)60-79,72-41-27-63(4)28-42-72)74-45-31-65(6-2)32-46-74/h5-61H,1-2H2,3-4H3. The van der Waals surface area contributed by atoms with Crippen LogP contribution in [-0.4, -0.2) is 0 Å². The molecule has 14 aromatic rings. The van der Waals surface area contributed by atoms with Crippen molar-refractivity contribution in [3.63, 3.8) is 0 Å². The van der Waals surface area contributed by atoms with E-state index in [1.54, 1.807) is 6.07 Å². The van der Waals surface area contributed by atoms with Crippen LogP contribution in [0.3, 0.4) is 0 Å². The van der Waals surface area contributed by atoms with Crippen LogP contribution in [0.4, 0.5) is 38.5 Å². The molecule has 2 atom stereocenters. The smallest absolute Gasteiger partial charge is 0.133 e. The predicted octanol–water partition coefficient (Wildman–Crippen LogP) is 24.4. The third-order valence-electron chi connectivity index (χ3n) is 19.8. The van der Waals surface area contributed by atoms with E-state index in [1.165, 1.54) is 61.2 Å². The Morgan fingerprint density at radius 2 is 0.558 bits per heavy atom. The maximum atomic E-state index is 17.8. The third-order valence-corrected chi connectivity index (χ3v) is 19.8. The summed E-state index contributed by atoms with van der Waals surface area (Å²) in [6.45, 7) is 12.5. The first-order valence-electron chi connectivity index (χ1n) is 32.6. The Balaban J connectivity index is 0.820. The van der Waals surface area contributed by atoms with Gasteiger partial charge in [0.25, 0.3) is 0 Å². The van der Waals surface area contributed by atoms with Gasteiger partial charge in [-0.2, -0.15) is 0 Å². The van der Waals surface area contributed by atoms with Crippen molar-refractivity contribution in [1.29, 1.82) is 0 Å². The van der Waals surface area contributed by atoms with Gasteiger partial charge in [0.15, 0.2) is 0 Å². The average Bonchev–Trinajstić information content (AvgIpc) is 1.56. The van der Waals surface area contributed by atoms with Crippen LogP contribution < -0.4 is 9.80 Å². The van der Waals surface area contributed by atoms with Gasteiger partial charge >= 0.3 is 0 Å². The summed E-state index contributed by atoms with van der Waals surface area (Å²) >= 11 is 0. The van der Waals surface area contributed by atoms with Crippen molar-refractivity contribution in [1.82, 2.24) is 0 Å². The zero-order valence-corrected chi connectivity index (χ0v) is 53.1. The SMILES string of the molecule is C=Cc1ccc(C2(c3ccc(C)cc3)c3ccccc3-c3ccc(N(c4ccc(-c5ccccc5)cc4)c4ccc(-c5ccc(N(c6ccc(-c7ccccc7)cc6)c6ccc7c(c6)C(c6ccc(C)cc6)(c6ccc(C=C)cc6)c6ccccc6-7)cc5F)cc4)cc32)cc1. The van der Waals surface area contributed by atoms with Gasteiger partial charge in [-0.15, -0.1) is 0 Å². The third kappa shape index (κ3) is 9.86. The summed E-state index contributed by atoms with van der Waals surface area (Å²) in [7, 11) is 0. The van der Waals surface area contributed by atoms with Gasteiger partial charge in [0, 0.05) is 39.7 Å². The van der Waals surface area contributed by atoms with Gasteiger partial charge in [-0.05, 0) is 198 Å². The second-order valence-corrected chi connectivity index (χ2v) is 25.1. The van der Waals surface area contributed by atoms with Crippen LogP contribution in [0.5, 0.6) is 0 Å². The minimum atomic E-state index is -0.669. The minimum absolute atomic E-state index is 0.328. The normalized spacial score (nSPS) is 14.9. The van der Waals surface area contributed by atoms with E-state index in [1.807, 2.05) is 24.3 Å². The molecule has 2 aliphatic carbocycles. The first-order valence-corrected chi connectivity index (χ1v) is 32.6. The molecule has 0 heterocycles. The Kier molecular flexibility index (Phi) is 14.7. The molecule has 14 aromatic carbocycles. The molecule has 0 bridgehead atoms. The molecule has 3 heteroatoms. The molecular weight excluding hydrogens is 1150 g/mol. The lowest BCUT2D eigenvalue weighted by Gasteiger charge is -2.35. The summed E-state index contributed by atoms with van der Waals surface area (Å²) in [4.78, 5) is 4.54. The number of hydrogen-bond acceptors (Lipinski definition) is 2. The predicted molar refractivity (Wildman–Crippen MR) is 396 cm³/mol. The molecule has 2 nitrogen and oxygen atoms in total. The molecule has 0 saturated heterocycles. The molecule has 0 saturated carbocycles. The molecular formula is C92H67FN2. The van der Waals surface area contributed by atoms with Crippen molar-refractivity contribution < 1.29 is 4.39 Å². The minimum Gasteiger partial charge on any atom is -0.310 e. The lowest BCUT2D eigenvalue weighted by Crippen LogP contribution is -2.29. The summed E-state index contributed by atoms with van der Waals surface area (Å²) in [5.41, 5.74) is 28.7. The molecule has 452 valence electrons. The Morgan fingerprint density at radius 3 is 0.937 bits per heavy atom. The van der Waals surface area contributed by atoms with Crippen molar-refractivity contribution in [2.45, 2.75) is 24.7 Å². The fraction of sp³-hybridized carbons (Fsp3) is 0.0435. The molecule has 0 amide bonds. The topological polar surface area (TPSA) is 6.48 Å². The van der Waals surface area contributed by atoms with Gasteiger partial charge in [0.05, 0.1) is 10.8 Å². The van der Waals surface area contributed by atoms with Crippen LogP contribution in [0.25, 0.3) is 67.8 Å². The highest BCUT2D eigenvalue weighted by Gasteiger charge is 2.48. The molecule has 0 aliphatic heterocycles. The quantitative estimate of drug-likeness (QED) is 0.101. The summed E-state index contributed by atoms with van der Waals surface area (Å²) in [6.07, 6.45) is 3.80. The van der Waals surface area contributed by atoms with Crippen molar-refractivity contribution in [2.24, 2.45) is 0 Å². The van der Waals surface area contributed by atoms with Crippen molar-refractivity contribution in [2.75, 3.05) is 9.80 Å². The van der Waals surface area contributed by atoms with Gasteiger partial charge in [-0.3, -0.25) is 0 Å². The van der Waals surface area contributed by atoms with Crippen molar-refractivity contribution >= 4 is 46.3 Å². The fourth-order valence-corrected chi connectivity index (χ4v) is 15.2. The van der Waals surface area contributed by atoms with E-state index < -0.39 is 10.8 Å². The van der Waals surface area contributed by atoms with Crippen LogP contribution in [0.15, 0.2) is 347 Å². The highest BCUT2D eigenvalue weighted by atomic mass is 19.1. The summed E-state index contributed by atoms with van der Waals surface area (Å²) in [6, 6.07) is 120. The number of anilines is 6. The average molecular weight is 1220 g/mol. The van der Waals surface area contributed by atoms with E-state index in [0.717, 1.165) is 84.1 Å². The maximum absolute atomic E-state index is 17.8. The highest BCUT2D eigenvalue weighted by molar-refractivity contribution is 5.93. The summed E-state index contributed by atoms with van der Waals surface area (Å²) < 4.78 is 17.8. The molecule has 0 radical (unpaired) electrons. The largest absolute Gasteiger partial charge is 0.310 e. The molecule has 0 N–H and O–H groups in total. The first kappa shape index (κ1) is 58.2. The van der Waals surface area contributed by atoms with Gasteiger partial charge in [0.1, 0.15) is 5.82 Å². The molecule has 2 aliphatic rings. The fourth-order valence-electron chi connectivity index (χ4n) is 15.2. The van der Waals surface area contributed by atoms with Crippen LogP contribution in [-0.2, 0) is 10.8 Å². The number of benzene rings is 14. The number of aryl methyl sites for hydroxylation is 2. The maximum Gasteiger partial charge on any atom is 0.133 e. The molecule has 0 fully saturated rings. The Labute approximate surface area is 556 Å². The number of rotatable bonds is 15. The monoisotopic (exact) mass is 1220 g/mol. The van der Waals surface area contributed by atoms with E-state index in [4.69, 9.17) is 0 Å². The van der Waals surface area contributed by atoms with Gasteiger partial charge in [0.2, 0.25) is 0 Å². The molecule has 16 rings (SSSR count). The summed E-state index contributed by atoms with van der Waals surface area (Å²) in [5.74, 6) is -0.328. The zero-order valence-electron chi connectivity index (χ0n) is 53.1. The Hall–Kier alpha value is -11.9. The molecule has 95 heavy (non-hydrogen) atoms. The van der Waals surface area contributed by atoms with Gasteiger partial charge in [-0.1, -0.05) is 291 Å². The number of nitrogens with zero attached hydrogens (tertiary/aromatic N) is 2. The van der Waals surface area contributed by atoms with Crippen LogP contribution >= 0.6 is 0 Å². The van der Waals surface area contributed by atoms with Crippen LogP contribution in [0.2, 0.25) is 0 Å². The van der Waals surface area contributed by atoms with Gasteiger partial charge < -0.3 is 9.80 Å². The molecule has 2 unspecified atom stereocenters. The second-order valence-electron chi connectivity index (χ2n) is 25.1. The highest BCUT2D eigenvalue weighted by Crippen LogP contribution is 2.59. The van der Waals surface area contributed by atoms with Crippen LogP contribution in [0.1, 0.15) is 66.8 Å². The van der Waals surface area contributed by atoms with E-state index >= 15 is 4.39 Å². The Morgan fingerprint density at radius 1 is 0.263 bits per heavy atom. The number of fused-ring (bicyclic) bond motifs is 6.